The Morgan fingerprint density at radius 2 is 2.10 bits per heavy atom. The van der Waals surface area contributed by atoms with Crippen molar-refractivity contribution in [2.24, 2.45) is 0 Å². The molecule has 0 spiro atoms. The summed E-state index contributed by atoms with van der Waals surface area (Å²) in [6, 6.07) is 0. The Bertz CT molecular complexity index is 481. The number of aromatic nitrogens is 2. The van der Waals surface area contributed by atoms with E-state index in [0.29, 0.717) is 19.6 Å². The molecule has 0 unspecified atom stereocenters. The van der Waals surface area contributed by atoms with Gasteiger partial charge in [-0.3, -0.25) is 9.48 Å². The number of carbonyl (C=O) groups excluding carboxylic acids is 1. The normalized spacial score (nSPS) is 16.3. The molecule has 0 atom stereocenters. The number of hydrogen-bond acceptors (Lipinski definition) is 3. The maximum absolute atomic E-state index is 13.1. The van der Waals surface area contributed by atoms with Crippen LogP contribution in [0.2, 0.25) is 0 Å². The first-order chi connectivity index (χ1) is 9.45. The molecule has 1 aromatic rings. The molecular formula is C12H18ClF3N4O. The van der Waals surface area contributed by atoms with Gasteiger partial charge in [-0.05, 0) is 19.9 Å². The average Bonchev–Trinajstić information content (AvgIpc) is 2.65. The minimum absolute atomic E-state index is 0. The molecule has 1 saturated heterocycles. The van der Waals surface area contributed by atoms with E-state index in [2.05, 4.69) is 10.4 Å². The maximum atomic E-state index is 13.1. The second-order valence-corrected chi connectivity index (χ2v) is 4.62. The van der Waals surface area contributed by atoms with E-state index in [9.17, 15) is 18.0 Å². The van der Waals surface area contributed by atoms with E-state index in [1.165, 1.54) is 4.90 Å². The van der Waals surface area contributed by atoms with Crippen molar-refractivity contribution in [2.75, 3.05) is 26.2 Å². The lowest BCUT2D eigenvalue weighted by molar-refractivity contribution is -0.144. The van der Waals surface area contributed by atoms with Gasteiger partial charge in [0.25, 0.3) is 5.91 Å². The van der Waals surface area contributed by atoms with Crippen LogP contribution in [0.3, 0.4) is 0 Å². The molecule has 0 aromatic carbocycles. The third-order valence-electron chi connectivity index (χ3n) is 3.27. The molecule has 5 nitrogen and oxygen atoms in total. The largest absolute Gasteiger partial charge is 0.433 e. The fourth-order valence-electron chi connectivity index (χ4n) is 2.30. The van der Waals surface area contributed by atoms with E-state index in [-0.39, 0.29) is 24.5 Å². The molecule has 0 saturated carbocycles. The summed E-state index contributed by atoms with van der Waals surface area (Å²) in [6.07, 6.45) is -2.83. The molecule has 0 aliphatic carbocycles. The molecule has 2 rings (SSSR count). The fourth-order valence-corrected chi connectivity index (χ4v) is 2.30. The maximum Gasteiger partial charge on any atom is 0.433 e. The predicted octanol–water partition coefficient (Wildman–Crippen LogP) is 1.78. The van der Waals surface area contributed by atoms with Crippen LogP contribution in [0.1, 0.15) is 29.4 Å². The van der Waals surface area contributed by atoms with Gasteiger partial charge in [0.2, 0.25) is 0 Å². The molecule has 1 fully saturated rings. The Morgan fingerprint density at radius 1 is 1.38 bits per heavy atom. The van der Waals surface area contributed by atoms with Gasteiger partial charge < -0.3 is 10.2 Å². The second kappa shape index (κ2) is 7.13. The van der Waals surface area contributed by atoms with E-state index >= 15 is 0 Å². The van der Waals surface area contributed by atoms with Crippen LogP contribution in [0.5, 0.6) is 0 Å². The summed E-state index contributed by atoms with van der Waals surface area (Å²) in [5.41, 5.74) is -1.32. The van der Waals surface area contributed by atoms with Gasteiger partial charge >= 0.3 is 6.18 Å². The summed E-state index contributed by atoms with van der Waals surface area (Å²) < 4.78 is 40.1. The average molecular weight is 327 g/mol. The van der Waals surface area contributed by atoms with Crippen LogP contribution < -0.4 is 5.32 Å². The fraction of sp³-hybridized carbons (Fsp3) is 0.667. The summed E-state index contributed by atoms with van der Waals surface area (Å²) in [4.78, 5) is 13.7. The molecule has 1 amide bonds. The number of rotatable bonds is 2. The first-order valence-corrected chi connectivity index (χ1v) is 6.58. The number of halogens is 4. The number of amides is 1. The highest BCUT2D eigenvalue weighted by Gasteiger charge is 2.40. The van der Waals surface area contributed by atoms with Crippen LogP contribution in [0.15, 0.2) is 6.20 Å². The monoisotopic (exact) mass is 326 g/mol. The molecule has 1 N–H and O–H groups in total. The highest BCUT2D eigenvalue weighted by molar-refractivity contribution is 5.95. The summed E-state index contributed by atoms with van der Waals surface area (Å²) in [5.74, 6) is -0.597. The van der Waals surface area contributed by atoms with Gasteiger partial charge in [-0.1, -0.05) is 0 Å². The number of aryl methyl sites for hydroxylation is 1. The Balaban J connectivity index is 0.00000220. The number of alkyl halides is 3. The lowest BCUT2D eigenvalue weighted by Gasteiger charge is -2.20. The summed E-state index contributed by atoms with van der Waals surface area (Å²) >= 11 is 0. The summed E-state index contributed by atoms with van der Waals surface area (Å²) in [6.45, 7) is 3.86. The minimum atomic E-state index is -4.58. The quantitative estimate of drug-likeness (QED) is 0.901. The van der Waals surface area contributed by atoms with Crippen molar-refractivity contribution in [3.8, 4) is 0 Å². The zero-order valence-electron chi connectivity index (χ0n) is 11.6. The van der Waals surface area contributed by atoms with Crippen molar-refractivity contribution in [3.63, 3.8) is 0 Å². The first-order valence-electron chi connectivity index (χ1n) is 6.58. The van der Waals surface area contributed by atoms with E-state index in [1.807, 2.05) is 0 Å². The first kappa shape index (κ1) is 17.8. The predicted molar refractivity (Wildman–Crippen MR) is 73.5 cm³/mol. The summed E-state index contributed by atoms with van der Waals surface area (Å²) in [7, 11) is 0. The van der Waals surface area contributed by atoms with Crippen molar-refractivity contribution in [2.45, 2.75) is 26.1 Å². The smallest absolute Gasteiger partial charge is 0.337 e. The Hall–Kier alpha value is -1.28. The van der Waals surface area contributed by atoms with Crippen molar-refractivity contribution in [1.82, 2.24) is 20.0 Å². The van der Waals surface area contributed by atoms with Gasteiger partial charge in [0.15, 0.2) is 5.69 Å². The lowest BCUT2D eigenvalue weighted by atomic mass is 10.2. The molecular weight excluding hydrogens is 309 g/mol. The van der Waals surface area contributed by atoms with E-state index in [1.54, 1.807) is 6.92 Å². The van der Waals surface area contributed by atoms with Crippen molar-refractivity contribution < 1.29 is 18.0 Å². The molecule has 1 aliphatic rings. The lowest BCUT2D eigenvalue weighted by Crippen LogP contribution is -2.35. The van der Waals surface area contributed by atoms with Gasteiger partial charge in [-0.25, -0.2) is 0 Å². The van der Waals surface area contributed by atoms with E-state index in [0.717, 1.165) is 23.8 Å². The number of carbonyl (C=O) groups is 1. The number of nitrogens with zero attached hydrogens (tertiary/aromatic N) is 3. The Kier molecular flexibility index (Phi) is 6.03. The standard InChI is InChI=1S/C12H17F3N4O.ClH/c1-2-19-10(12(13,14)15)9(8-17-19)11(20)18-6-3-4-16-5-7-18;/h8,16H,2-7H2,1H3;1H. The van der Waals surface area contributed by atoms with Gasteiger partial charge in [-0.2, -0.15) is 18.3 Å². The molecule has 21 heavy (non-hydrogen) atoms. The minimum Gasteiger partial charge on any atom is -0.337 e. The number of nitrogens with one attached hydrogen (secondary N) is 1. The molecule has 9 heteroatoms. The highest BCUT2D eigenvalue weighted by atomic mass is 35.5. The molecule has 1 aliphatic heterocycles. The SMILES string of the molecule is CCn1ncc(C(=O)N2CCCNCC2)c1C(F)(F)F.Cl. The number of hydrogen-bond donors (Lipinski definition) is 1. The van der Waals surface area contributed by atoms with Crippen LogP contribution in [0, 0.1) is 0 Å². The third-order valence-corrected chi connectivity index (χ3v) is 3.27. The van der Waals surface area contributed by atoms with Crippen LogP contribution in [0.25, 0.3) is 0 Å². The molecule has 0 radical (unpaired) electrons. The molecule has 1 aromatic heterocycles. The van der Waals surface area contributed by atoms with Gasteiger partial charge in [0, 0.05) is 26.2 Å². The van der Waals surface area contributed by atoms with Crippen LogP contribution >= 0.6 is 12.4 Å². The topological polar surface area (TPSA) is 50.2 Å². The summed E-state index contributed by atoms with van der Waals surface area (Å²) in [5, 5.41) is 6.78. The van der Waals surface area contributed by atoms with Crippen LogP contribution in [0.4, 0.5) is 13.2 Å². The van der Waals surface area contributed by atoms with Crippen molar-refractivity contribution in [1.29, 1.82) is 0 Å². The Morgan fingerprint density at radius 3 is 2.71 bits per heavy atom. The second-order valence-electron chi connectivity index (χ2n) is 4.62. The highest BCUT2D eigenvalue weighted by Crippen LogP contribution is 2.32. The Labute approximate surface area is 126 Å². The zero-order valence-corrected chi connectivity index (χ0v) is 12.4. The molecule has 0 bridgehead atoms. The van der Waals surface area contributed by atoms with Gasteiger partial charge in [0.05, 0.1) is 11.8 Å². The van der Waals surface area contributed by atoms with Gasteiger partial charge in [0.1, 0.15) is 0 Å². The van der Waals surface area contributed by atoms with Crippen LogP contribution in [-0.4, -0.2) is 46.8 Å². The zero-order chi connectivity index (χ0) is 14.8. The van der Waals surface area contributed by atoms with E-state index in [4.69, 9.17) is 0 Å². The third kappa shape index (κ3) is 3.88. The van der Waals surface area contributed by atoms with Gasteiger partial charge in [-0.15, -0.1) is 12.4 Å². The van der Waals surface area contributed by atoms with Crippen molar-refractivity contribution >= 4 is 18.3 Å². The van der Waals surface area contributed by atoms with E-state index < -0.39 is 17.8 Å². The van der Waals surface area contributed by atoms with Crippen LogP contribution in [-0.2, 0) is 12.7 Å². The van der Waals surface area contributed by atoms with Crippen molar-refractivity contribution in [3.05, 3.63) is 17.5 Å². The molecule has 2 heterocycles. The molecule has 120 valence electrons.